The summed E-state index contributed by atoms with van der Waals surface area (Å²) in [6.07, 6.45) is 1.60. The highest BCUT2D eigenvalue weighted by Crippen LogP contribution is 2.38. The van der Waals surface area contributed by atoms with Crippen molar-refractivity contribution in [2.24, 2.45) is 0 Å². The van der Waals surface area contributed by atoms with Crippen molar-refractivity contribution in [2.45, 2.75) is 24.0 Å². The lowest BCUT2D eigenvalue weighted by atomic mass is 9.97. The summed E-state index contributed by atoms with van der Waals surface area (Å²) in [5.41, 5.74) is 1.81. The Bertz CT molecular complexity index is 1600. The Labute approximate surface area is 211 Å². The first-order valence-electron chi connectivity index (χ1n) is 11.2. The van der Waals surface area contributed by atoms with E-state index in [1.165, 1.54) is 7.11 Å². The average Bonchev–Trinajstić information content (AvgIpc) is 3.19. The van der Waals surface area contributed by atoms with E-state index >= 15 is 0 Å². The van der Waals surface area contributed by atoms with Crippen LogP contribution in [0.25, 0.3) is 11.0 Å². The van der Waals surface area contributed by atoms with Crippen molar-refractivity contribution in [1.82, 2.24) is 15.0 Å². The van der Waals surface area contributed by atoms with Gasteiger partial charge in [-0.25, -0.2) is 8.42 Å². The number of nitrogens with zero attached hydrogens (tertiary/aromatic N) is 2. The van der Waals surface area contributed by atoms with Gasteiger partial charge in [0.25, 0.3) is 0 Å². The van der Waals surface area contributed by atoms with Gasteiger partial charge in [-0.3, -0.25) is 0 Å². The maximum Gasteiger partial charge on any atom is 0.231 e. The van der Waals surface area contributed by atoms with Crippen molar-refractivity contribution in [3.63, 3.8) is 0 Å². The van der Waals surface area contributed by atoms with E-state index in [0.29, 0.717) is 44.7 Å². The molecule has 4 rings (SSSR count). The summed E-state index contributed by atoms with van der Waals surface area (Å²) >= 11 is 0. The van der Waals surface area contributed by atoms with Crippen LogP contribution in [0.3, 0.4) is 0 Å². The first kappa shape index (κ1) is 25.8. The lowest BCUT2D eigenvalue weighted by Gasteiger charge is -2.16. The Morgan fingerprint density at radius 3 is 2.44 bits per heavy atom. The number of aromatic nitrogens is 3. The van der Waals surface area contributed by atoms with Crippen LogP contribution < -0.4 is 26.1 Å². The van der Waals surface area contributed by atoms with Crippen molar-refractivity contribution >= 4 is 69.8 Å². The van der Waals surface area contributed by atoms with Crippen LogP contribution in [-0.4, -0.2) is 56.9 Å². The molecule has 0 aliphatic heterocycles. The molecule has 12 heteroatoms. The number of hydrogen-bond donors (Lipinski definition) is 3. The van der Waals surface area contributed by atoms with Gasteiger partial charge in [-0.2, -0.15) is 9.97 Å². The zero-order valence-electron chi connectivity index (χ0n) is 20.7. The molecule has 2 heterocycles. The van der Waals surface area contributed by atoms with E-state index in [1.54, 1.807) is 75.8 Å². The molecule has 0 atom stereocenters. The second kappa shape index (κ2) is 9.63. The Morgan fingerprint density at radius 1 is 1.06 bits per heavy atom. The third-order valence-corrected chi connectivity index (χ3v) is 9.41. The molecule has 0 unspecified atom stereocenters. The van der Waals surface area contributed by atoms with Crippen molar-refractivity contribution in [3.8, 4) is 5.75 Å². The predicted molar refractivity (Wildman–Crippen MR) is 147 cm³/mol. The molecule has 186 valence electrons. The fourth-order valence-corrected chi connectivity index (χ4v) is 5.70. The third-order valence-electron chi connectivity index (χ3n) is 5.68. The molecule has 9 nitrogen and oxygen atoms in total. The molecule has 0 amide bonds. The van der Waals surface area contributed by atoms with E-state index in [4.69, 9.17) is 12.6 Å². The van der Waals surface area contributed by atoms with Gasteiger partial charge in [0, 0.05) is 5.30 Å². The van der Waals surface area contributed by atoms with Crippen LogP contribution >= 0.6 is 7.14 Å². The number of para-hydroxylation sites is 1. The van der Waals surface area contributed by atoms with E-state index in [1.807, 2.05) is 0 Å². The second-order valence-corrected chi connectivity index (χ2v) is 14.6. The molecule has 0 spiro atoms. The smallest absolute Gasteiger partial charge is 0.231 e. The van der Waals surface area contributed by atoms with Gasteiger partial charge in [-0.15, -0.1) is 0 Å². The summed E-state index contributed by atoms with van der Waals surface area (Å²) in [4.78, 5) is 12.3. The number of benzene rings is 2. The normalized spacial score (nSPS) is 12.2. The van der Waals surface area contributed by atoms with Crippen LogP contribution in [0.2, 0.25) is 0 Å². The fourth-order valence-electron chi connectivity index (χ4n) is 3.64. The fraction of sp³-hybridized carbons (Fsp3) is 0.250. The van der Waals surface area contributed by atoms with Gasteiger partial charge in [-0.05, 0) is 63.7 Å². The van der Waals surface area contributed by atoms with Crippen LogP contribution in [0.1, 0.15) is 13.8 Å². The lowest BCUT2D eigenvalue weighted by molar-refractivity contribution is 0.417. The molecule has 2 radical (unpaired) electrons. The van der Waals surface area contributed by atoms with E-state index < -0.39 is 22.2 Å². The number of sulfone groups is 1. The molecule has 0 saturated heterocycles. The maximum absolute atomic E-state index is 13.0. The molecule has 3 N–H and O–H groups in total. The highest BCUT2D eigenvalue weighted by Gasteiger charge is 2.23. The van der Waals surface area contributed by atoms with Gasteiger partial charge in [-0.1, -0.05) is 17.6 Å². The Morgan fingerprint density at radius 2 is 1.78 bits per heavy atom. The first-order valence-corrected chi connectivity index (χ1v) is 15.3. The standard InChI is InChI=1S/C24H27BN5O4PS/c1-14(2)36(32,33)20-9-7-6-8-18(20)27-23-21-16(25)13-26-22(21)29-24(30-23)28-17-11-10-15(35(4,5)31)12-19(17)34-3/h6-14H,1-5H3,(H3,26,27,28,29,30). The molecule has 36 heavy (non-hydrogen) atoms. The first-order chi connectivity index (χ1) is 16.9. The van der Waals surface area contributed by atoms with E-state index in [2.05, 4.69) is 25.6 Å². The maximum atomic E-state index is 13.0. The summed E-state index contributed by atoms with van der Waals surface area (Å²) in [7, 11) is 1.65. The monoisotopic (exact) mass is 523 g/mol. The van der Waals surface area contributed by atoms with Crippen LogP contribution in [0.4, 0.5) is 23.1 Å². The molecular weight excluding hydrogens is 496 g/mol. The number of rotatable bonds is 8. The molecule has 0 aliphatic rings. The quantitative estimate of drug-likeness (QED) is 0.236. The topological polar surface area (TPSA) is 126 Å². The number of aromatic amines is 1. The largest absolute Gasteiger partial charge is 0.495 e. The van der Waals surface area contributed by atoms with Gasteiger partial charge < -0.3 is 24.9 Å². The molecule has 4 aromatic rings. The zero-order valence-corrected chi connectivity index (χ0v) is 22.4. The SMILES string of the molecule is [B]c1c[nH]c2nc(Nc3ccc(P(C)(C)=O)cc3OC)nc(Nc3ccccc3S(=O)(=O)C(C)C)c12. The minimum Gasteiger partial charge on any atom is -0.495 e. The van der Waals surface area contributed by atoms with Crippen molar-refractivity contribution in [1.29, 1.82) is 0 Å². The zero-order chi connectivity index (χ0) is 26.3. The number of ether oxygens (including phenoxy) is 1. The van der Waals surface area contributed by atoms with Gasteiger partial charge >= 0.3 is 0 Å². The summed E-state index contributed by atoms with van der Waals surface area (Å²) < 4.78 is 43.9. The van der Waals surface area contributed by atoms with Crippen LogP contribution in [-0.2, 0) is 14.4 Å². The van der Waals surface area contributed by atoms with Crippen LogP contribution in [0.5, 0.6) is 5.75 Å². The average molecular weight is 523 g/mol. The van der Waals surface area contributed by atoms with E-state index in [9.17, 15) is 13.0 Å². The molecular formula is C24H27BN5O4PS. The van der Waals surface area contributed by atoms with Crippen LogP contribution in [0, 0.1) is 0 Å². The molecule has 2 aromatic heterocycles. The molecule has 0 aliphatic carbocycles. The Kier molecular flexibility index (Phi) is 6.90. The van der Waals surface area contributed by atoms with Gasteiger partial charge in [0.1, 0.15) is 32.2 Å². The minimum atomic E-state index is -3.56. The van der Waals surface area contributed by atoms with Gasteiger partial charge in [0.05, 0.1) is 34.0 Å². The number of anilines is 4. The van der Waals surface area contributed by atoms with Crippen molar-refractivity contribution in [3.05, 3.63) is 48.7 Å². The minimum absolute atomic E-state index is 0.163. The molecule has 0 saturated carbocycles. The Balaban J connectivity index is 1.79. The summed E-state index contributed by atoms with van der Waals surface area (Å²) in [5.74, 6) is 1.03. The number of H-pyrrole nitrogens is 1. The van der Waals surface area contributed by atoms with Crippen LogP contribution in [0.15, 0.2) is 53.6 Å². The second-order valence-electron chi connectivity index (χ2n) is 8.94. The van der Waals surface area contributed by atoms with E-state index in [0.717, 1.165) is 0 Å². The summed E-state index contributed by atoms with van der Waals surface area (Å²) in [5, 5.41) is 6.90. The summed E-state index contributed by atoms with van der Waals surface area (Å²) in [6, 6.07) is 11.9. The molecule has 0 fully saturated rings. The van der Waals surface area contributed by atoms with Gasteiger partial charge in [0.15, 0.2) is 9.84 Å². The molecule has 0 bridgehead atoms. The Hall–Kier alpha value is -3.30. The third kappa shape index (κ3) is 4.99. The highest BCUT2D eigenvalue weighted by molar-refractivity contribution is 7.92. The number of fused-ring (bicyclic) bond motifs is 1. The predicted octanol–water partition coefficient (Wildman–Crippen LogP) is 3.68. The van der Waals surface area contributed by atoms with Crippen molar-refractivity contribution < 1.29 is 17.7 Å². The highest BCUT2D eigenvalue weighted by atomic mass is 32.2. The number of hydrogen-bond acceptors (Lipinski definition) is 8. The lowest BCUT2D eigenvalue weighted by Crippen LogP contribution is -2.16. The summed E-state index contributed by atoms with van der Waals surface area (Å²) in [6.45, 7) is 6.65. The van der Waals surface area contributed by atoms with Crippen molar-refractivity contribution in [2.75, 3.05) is 31.1 Å². The van der Waals surface area contributed by atoms with E-state index in [-0.39, 0.29) is 10.8 Å². The molecule has 2 aromatic carbocycles. The van der Waals surface area contributed by atoms with Gasteiger partial charge in [0.2, 0.25) is 5.95 Å². The number of nitrogens with one attached hydrogen (secondary N) is 3. The number of methoxy groups -OCH3 is 1.